The van der Waals surface area contributed by atoms with Crippen molar-refractivity contribution >= 4 is 45.1 Å². The second-order valence-corrected chi connectivity index (χ2v) is 9.33. The minimum absolute atomic E-state index is 0. The minimum Gasteiger partial charge on any atom is -0.349 e. The van der Waals surface area contributed by atoms with Crippen LogP contribution in [-0.4, -0.2) is 40.5 Å². The van der Waals surface area contributed by atoms with Gasteiger partial charge in [-0.2, -0.15) is 0 Å². The van der Waals surface area contributed by atoms with E-state index in [9.17, 15) is 4.79 Å². The number of benzene rings is 2. The third-order valence-corrected chi connectivity index (χ3v) is 7.59. The van der Waals surface area contributed by atoms with Gasteiger partial charge in [-0.25, -0.2) is 0 Å². The zero-order valence-electron chi connectivity index (χ0n) is 17.3. The fourth-order valence-electron chi connectivity index (χ4n) is 5.38. The molecule has 5 rings (SSSR count). The van der Waals surface area contributed by atoms with Gasteiger partial charge in [0.15, 0.2) is 0 Å². The maximum Gasteiger partial charge on any atom is 0.254 e. The number of nitrogens with zero attached hydrogens (tertiary/aromatic N) is 2. The predicted octanol–water partition coefficient (Wildman–Crippen LogP) is 5.38. The molecule has 3 atom stereocenters. The van der Waals surface area contributed by atoms with Crippen LogP contribution in [0.15, 0.2) is 53.0 Å². The summed E-state index contributed by atoms with van der Waals surface area (Å²) >= 11 is 3.69. The highest BCUT2D eigenvalue weighted by Gasteiger charge is 2.39. The molecule has 1 unspecified atom stereocenters. The number of nitrogens with one attached hydrogen (secondary N) is 1. The van der Waals surface area contributed by atoms with E-state index in [1.54, 1.807) is 0 Å². The number of hydrogen-bond acceptors (Lipinski definition) is 2. The van der Waals surface area contributed by atoms with Gasteiger partial charge in [-0.05, 0) is 44.9 Å². The number of amides is 1. The molecule has 1 aromatic heterocycles. The van der Waals surface area contributed by atoms with Gasteiger partial charge in [0.05, 0.1) is 11.3 Å². The van der Waals surface area contributed by atoms with Crippen molar-refractivity contribution in [2.75, 3.05) is 7.05 Å². The molecule has 4 nitrogen and oxygen atoms in total. The van der Waals surface area contributed by atoms with Crippen LogP contribution in [0, 0.1) is 0 Å². The third kappa shape index (κ3) is 3.47. The lowest BCUT2D eigenvalue weighted by Crippen LogP contribution is -2.48. The summed E-state index contributed by atoms with van der Waals surface area (Å²) < 4.78 is 3.14. The molecule has 158 valence electrons. The quantitative estimate of drug-likeness (QED) is 0.537. The fourth-order valence-corrected chi connectivity index (χ4v) is 5.85. The van der Waals surface area contributed by atoms with Crippen LogP contribution < -0.4 is 5.32 Å². The predicted molar refractivity (Wildman–Crippen MR) is 128 cm³/mol. The second kappa shape index (κ2) is 8.37. The number of fused-ring (bicyclic) bond motifs is 3. The van der Waals surface area contributed by atoms with E-state index in [4.69, 9.17) is 0 Å². The van der Waals surface area contributed by atoms with Crippen LogP contribution in [0.25, 0.3) is 22.2 Å². The highest BCUT2D eigenvalue weighted by molar-refractivity contribution is 9.10. The number of carbonyl (C=O) groups is 1. The Morgan fingerprint density at radius 1 is 1.00 bits per heavy atom. The molecule has 30 heavy (non-hydrogen) atoms. The van der Waals surface area contributed by atoms with Gasteiger partial charge in [-0.1, -0.05) is 52.3 Å². The summed E-state index contributed by atoms with van der Waals surface area (Å²) in [6.45, 7) is 0. The molecule has 3 aromatic rings. The Labute approximate surface area is 192 Å². The van der Waals surface area contributed by atoms with Gasteiger partial charge in [0.1, 0.15) is 0 Å². The third-order valence-electron chi connectivity index (χ3n) is 6.90. The van der Waals surface area contributed by atoms with E-state index in [1.165, 1.54) is 12.8 Å². The smallest absolute Gasteiger partial charge is 0.254 e. The molecule has 0 spiro atoms. The van der Waals surface area contributed by atoms with Crippen LogP contribution in [-0.2, 0) is 7.05 Å². The molecular formula is C24H27BrClN3O. The second-order valence-electron chi connectivity index (χ2n) is 8.47. The number of aromatic nitrogens is 1. The summed E-state index contributed by atoms with van der Waals surface area (Å²) in [5.41, 5.74) is 3.86. The maximum atomic E-state index is 13.6. The van der Waals surface area contributed by atoms with Crippen LogP contribution in [0.3, 0.4) is 0 Å². The number of rotatable bonds is 3. The van der Waals surface area contributed by atoms with Crippen LogP contribution in [0.1, 0.15) is 36.0 Å². The van der Waals surface area contributed by atoms with Crippen LogP contribution in [0.5, 0.6) is 0 Å². The summed E-state index contributed by atoms with van der Waals surface area (Å²) in [5.74, 6) is 0.0431. The topological polar surface area (TPSA) is 37.3 Å². The zero-order valence-corrected chi connectivity index (χ0v) is 19.7. The molecule has 2 aliphatic heterocycles. The first-order chi connectivity index (χ1) is 14.0. The van der Waals surface area contributed by atoms with Gasteiger partial charge < -0.3 is 14.8 Å². The standard InChI is InChI=1S/C24H26BrN3O.ClH/c1-27-16-11-12-17(27)14-15(13-16)26-24(29)22-19-8-4-6-10-21(19)28(2)23(22)18-7-3-5-9-20(18)25;/h3-10,15-17H,11-14H2,1-2H3,(H,26,29);1H/t15?,16-,17+;. The zero-order chi connectivity index (χ0) is 20.1. The van der Waals surface area contributed by atoms with Crippen molar-refractivity contribution in [1.82, 2.24) is 14.8 Å². The number of hydrogen-bond donors (Lipinski definition) is 1. The molecule has 0 saturated carbocycles. The average Bonchev–Trinajstić information content (AvgIpc) is 3.10. The molecule has 2 fully saturated rings. The molecule has 2 saturated heterocycles. The molecule has 3 heterocycles. The van der Waals surface area contributed by atoms with Crippen molar-refractivity contribution in [1.29, 1.82) is 0 Å². The van der Waals surface area contributed by atoms with E-state index in [0.29, 0.717) is 12.1 Å². The molecule has 2 aromatic carbocycles. The SMILES string of the molecule is CN1[C@@H]2CC[C@H]1CC(NC(=O)c1c(-c3ccccc3Br)n(C)c3ccccc13)C2.Cl. The Kier molecular flexibility index (Phi) is 5.97. The first kappa shape index (κ1) is 21.4. The number of para-hydroxylation sites is 1. The first-order valence-electron chi connectivity index (χ1n) is 10.4. The summed E-state index contributed by atoms with van der Waals surface area (Å²) in [6.07, 6.45) is 4.61. The Morgan fingerprint density at radius 2 is 1.63 bits per heavy atom. The maximum absolute atomic E-state index is 13.6. The van der Waals surface area contributed by atoms with Gasteiger partial charge in [0.25, 0.3) is 5.91 Å². The average molecular weight is 489 g/mol. The monoisotopic (exact) mass is 487 g/mol. The fraction of sp³-hybridized carbons (Fsp3) is 0.375. The van der Waals surface area contributed by atoms with E-state index in [-0.39, 0.29) is 24.4 Å². The van der Waals surface area contributed by atoms with Gasteiger partial charge in [0.2, 0.25) is 0 Å². The molecule has 1 N–H and O–H groups in total. The van der Waals surface area contributed by atoms with Gasteiger partial charge in [0, 0.05) is 46.1 Å². The van der Waals surface area contributed by atoms with Crippen LogP contribution in [0.4, 0.5) is 0 Å². The first-order valence-corrected chi connectivity index (χ1v) is 11.2. The van der Waals surface area contributed by atoms with Crippen LogP contribution in [0.2, 0.25) is 0 Å². The molecule has 6 heteroatoms. The van der Waals surface area contributed by atoms with Crippen molar-refractivity contribution in [2.24, 2.45) is 7.05 Å². The highest BCUT2D eigenvalue weighted by atomic mass is 79.9. The molecule has 1 amide bonds. The number of halogens is 2. The lowest BCUT2D eigenvalue weighted by atomic mass is 9.97. The van der Waals surface area contributed by atoms with E-state index < -0.39 is 0 Å². The lowest BCUT2D eigenvalue weighted by Gasteiger charge is -2.36. The molecular weight excluding hydrogens is 462 g/mol. The van der Waals surface area contributed by atoms with Crippen LogP contribution >= 0.6 is 28.3 Å². The Balaban J connectivity index is 0.00000218. The summed E-state index contributed by atoms with van der Waals surface area (Å²) in [7, 11) is 4.28. The molecule has 2 aliphatic rings. The van der Waals surface area contributed by atoms with Gasteiger partial charge in [-0.15, -0.1) is 12.4 Å². The Morgan fingerprint density at radius 3 is 2.33 bits per heavy atom. The molecule has 2 bridgehead atoms. The normalized spacial score (nSPS) is 23.4. The van der Waals surface area contributed by atoms with Gasteiger partial charge >= 0.3 is 0 Å². The molecule has 0 aliphatic carbocycles. The van der Waals surface area contributed by atoms with Crippen molar-refractivity contribution in [2.45, 2.75) is 43.8 Å². The Hall–Kier alpha value is -1.82. The summed E-state index contributed by atoms with van der Waals surface area (Å²) in [5, 5.41) is 4.41. The van der Waals surface area contributed by atoms with Crippen molar-refractivity contribution in [3.05, 3.63) is 58.6 Å². The van der Waals surface area contributed by atoms with E-state index in [1.807, 2.05) is 37.4 Å². The van der Waals surface area contributed by atoms with Crippen molar-refractivity contribution < 1.29 is 4.79 Å². The van der Waals surface area contributed by atoms with Gasteiger partial charge in [-0.3, -0.25) is 4.79 Å². The van der Waals surface area contributed by atoms with Crippen molar-refractivity contribution in [3.63, 3.8) is 0 Å². The van der Waals surface area contributed by atoms with E-state index in [2.05, 4.69) is 56.0 Å². The van der Waals surface area contributed by atoms with E-state index in [0.717, 1.165) is 45.0 Å². The van der Waals surface area contributed by atoms with Crippen molar-refractivity contribution in [3.8, 4) is 11.3 Å². The summed E-state index contributed by atoms with van der Waals surface area (Å²) in [4.78, 5) is 16.1. The lowest BCUT2D eigenvalue weighted by molar-refractivity contribution is 0.0884. The number of aryl methyl sites for hydroxylation is 1. The summed E-state index contributed by atoms with van der Waals surface area (Å²) in [6, 6.07) is 17.8. The number of carbonyl (C=O) groups excluding carboxylic acids is 1. The largest absolute Gasteiger partial charge is 0.349 e. The van der Waals surface area contributed by atoms with E-state index >= 15 is 0 Å². The highest BCUT2D eigenvalue weighted by Crippen LogP contribution is 2.38. The molecule has 0 radical (unpaired) electrons. The Bertz CT molecular complexity index is 1080. The minimum atomic E-state index is 0. The number of piperidine rings is 1.